The molecule has 0 aromatic carbocycles. The molecular formula is C12H13NO3. The Kier molecular flexibility index (Phi) is 0.796. The zero-order valence-corrected chi connectivity index (χ0v) is 8.78. The van der Waals surface area contributed by atoms with Crippen LogP contribution in [0, 0.1) is 63.4 Å². The third kappa shape index (κ3) is 0.399. The molecule has 4 nitrogen and oxygen atoms in total. The predicted octanol–water partition coefficient (Wildman–Crippen LogP) is 1.34. The van der Waals surface area contributed by atoms with Crippen molar-refractivity contribution in [1.29, 1.82) is 0 Å². The van der Waals surface area contributed by atoms with Crippen molar-refractivity contribution in [2.75, 3.05) is 0 Å². The Balaban J connectivity index is 1.63. The molecule has 7 aliphatic rings. The lowest BCUT2D eigenvalue weighted by molar-refractivity contribution is -0.793. The van der Waals surface area contributed by atoms with Gasteiger partial charge >= 0.3 is 0 Å². The molecule has 4 heteroatoms. The van der Waals surface area contributed by atoms with Crippen molar-refractivity contribution >= 4 is 0 Å². The second-order valence-corrected chi connectivity index (χ2v) is 7.02. The van der Waals surface area contributed by atoms with Crippen LogP contribution in [0.3, 0.4) is 0 Å². The largest absolute Gasteiger partial charge is 0.306 e. The van der Waals surface area contributed by atoms with Crippen molar-refractivity contribution in [2.24, 2.45) is 53.3 Å². The predicted molar refractivity (Wildman–Crippen MR) is 51.5 cm³/mol. The van der Waals surface area contributed by atoms with Crippen LogP contribution < -0.4 is 0 Å². The number of nitrogens with zero attached hydrogens (tertiary/aromatic N) is 1. The Hall–Kier alpha value is -0.800. The summed E-state index contributed by atoms with van der Waals surface area (Å²) in [5.41, 5.74) is -0.268. The number of rotatable bonds is 2. The molecule has 0 saturated heterocycles. The highest BCUT2D eigenvalue weighted by molar-refractivity contribution is 5.40. The van der Waals surface area contributed by atoms with Crippen LogP contribution in [0.1, 0.15) is 12.8 Å². The topological polar surface area (TPSA) is 52.4 Å². The molecule has 7 rings (SSSR count). The van der Waals surface area contributed by atoms with Crippen molar-refractivity contribution < 1.29 is 9.92 Å². The molecule has 0 spiro atoms. The summed E-state index contributed by atoms with van der Waals surface area (Å²) in [5.74, 6) is 6.95. The van der Waals surface area contributed by atoms with Crippen molar-refractivity contribution in [1.82, 2.24) is 0 Å². The molecule has 84 valence electrons. The van der Waals surface area contributed by atoms with Gasteiger partial charge in [-0.15, -0.1) is 10.1 Å². The van der Waals surface area contributed by atoms with E-state index in [-0.39, 0.29) is 5.60 Å². The minimum Gasteiger partial charge on any atom is -0.306 e. The molecule has 0 N–H and O–H groups in total. The summed E-state index contributed by atoms with van der Waals surface area (Å²) in [6, 6.07) is 0. The molecule has 7 saturated carbocycles. The summed E-state index contributed by atoms with van der Waals surface area (Å²) < 4.78 is 0. The van der Waals surface area contributed by atoms with Gasteiger partial charge in [-0.2, -0.15) is 0 Å². The first-order chi connectivity index (χ1) is 7.75. The van der Waals surface area contributed by atoms with Crippen LogP contribution in [0.5, 0.6) is 0 Å². The van der Waals surface area contributed by atoms with E-state index in [9.17, 15) is 10.1 Å². The first-order valence-electron chi connectivity index (χ1n) is 6.58. The van der Waals surface area contributed by atoms with Crippen molar-refractivity contribution in [2.45, 2.75) is 18.4 Å². The second kappa shape index (κ2) is 1.70. The lowest BCUT2D eigenvalue weighted by atomic mass is 9.56. The zero-order valence-electron chi connectivity index (χ0n) is 8.78. The van der Waals surface area contributed by atoms with E-state index in [0.717, 1.165) is 35.5 Å². The highest BCUT2D eigenvalue weighted by atomic mass is 17.0. The van der Waals surface area contributed by atoms with E-state index in [1.807, 2.05) is 0 Å². The van der Waals surface area contributed by atoms with Crippen LogP contribution in [0.2, 0.25) is 0 Å². The van der Waals surface area contributed by atoms with Gasteiger partial charge in [-0.05, 0) is 66.1 Å². The Morgan fingerprint density at radius 1 is 1.06 bits per heavy atom. The lowest BCUT2D eigenvalue weighted by Crippen LogP contribution is -2.61. The van der Waals surface area contributed by atoms with Crippen LogP contribution >= 0.6 is 0 Å². The fourth-order valence-corrected chi connectivity index (χ4v) is 8.16. The first-order valence-corrected chi connectivity index (χ1v) is 6.58. The second-order valence-electron chi connectivity index (χ2n) is 7.02. The van der Waals surface area contributed by atoms with E-state index in [1.165, 1.54) is 12.8 Å². The van der Waals surface area contributed by atoms with E-state index in [4.69, 9.17) is 4.84 Å². The monoisotopic (exact) mass is 219 g/mol. The minimum atomic E-state index is -0.489. The van der Waals surface area contributed by atoms with Gasteiger partial charge in [0.05, 0.1) is 0 Å². The van der Waals surface area contributed by atoms with Gasteiger partial charge in [0.15, 0.2) is 0 Å². The number of hydrogen-bond acceptors (Lipinski definition) is 3. The molecule has 0 aromatic heterocycles. The maximum atomic E-state index is 10.8. The summed E-state index contributed by atoms with van der Waals surface area (Å²) in [7, 11) is 0. The van der Waals surface area contributed by atoms with Gasteiger partial charge in [0.1, 0.15) is 5.60 Å². The van der Waals surface area contributed by atoms with Crippen molar-refractivity contribution in [3.05, 3.63) is 10.1 Å². The van der Waals surface area contributed by atoms with Gasteiger partial charge in [0, 0.05) is 0 Å². The molecule has 7 fully saturated rings. The summed E-state index contributed by atoms with van der Waals surface area (Å²) in [4.78, 5) is 16.1. The molecule has 0 heterocycles. The highest BCUT2D eigenvalue weighted by Crippen LogP contribution is 2.92. The van der Waals surface area contributed by atoms with E-state index < -0.39 is 5.09 Å². The van der Waals surface area contributed by atoms with E-state index in [0.29, 0.717) is 17.8 Å². The van der Waals surface area contributed by atoms with Crippen LogP contribution in [0.25, 0.3) is 0 Å². The summed E-state index contributed by atoms with van der Waals surface area (Å²) in [6.45, 7) is 0. The third-order valence-electron chi connectivity index (χ3n) is 7.56. The van der Waals surface area contributed by atoms with Gasteiger partial charge < -0.3 is 4.84 Å². The van der Waals surface area contributed by atoms with Crippen molar-refractivity contribution in [3.63, 3.8) is 0 Å². The number of hydrogen-bond donors (Lipinski definition) is 0. The lowest BCUT2D eigenvalue weighted by Gasteiger charge is -2.53. The van der Waals surface area contributed by atoms with E-state index in [2.05, 4.69) is 0 Å². The third-order valence-corrected chi connectivity index (χ3v) is 7.56. The molecule has 0 amide bonds. The quantitative estimate of drug-likeness (QED) is 0.520. The fraction of sp³-hybridized carbons (Fsp3) is 1.00. The standard InChI is InChI=1S/C12H13NO3/c14-13(15)16-12-6-2-5-7-3-1-4(8(6)7)10(12)9(3)11(5)12/h3-11H,1-2H2. The van der Waals surface area contributed by atoms with E-state index in [1.54, 1.807) is 0 Å². The highest BCUT2D eigenvalue weighted by Gasteiger charge is 2.94. The molecule has 0 aliphatic heterocycles. The molecule has 10 unspecified atom stereocenters. The molecule has 4 bridgehead atoms. The van der Waals surface area contributed by atoms with Gasteiger partial charge in [0.2, 0.25) is 0 Å². The Morgan fingerprint density at radius 3 is 2.56 bits per heavy atom. The van der Waals surface area contributed by atoms with Crippen molar-refractivity contribution in [3.8, 4) is 0 Å². The molecule has 0 aromatic rings. The molecule has 7 aliphatic carbocycles. The average Bonchev–Trinajstić information content (AvgIpc) is 2.80. The van der Waals surface area contributed by atoms with Gasteiger partial charge in [0.25, 0.3) is 5.09 Å². The molecular weight excluding hydrogens is 206 g/mol. The van der Waals surface area contributed by atoms with Crippen LogP contribution in [0.15, 0.2) is 0 Å². The Bertz CT molecular complexity index is 444. The van der Waals surface area contributed by atoms with Gasteiger partial charge in [-0.25, -0.2) is 0 Å². The average molecular weight is 219 g/mol. The van der Waals surface area contributed by atoms with Gasteiger partial charge in [-0.1, -0.05) is 0 Å². The SMILES string of the molecule is O=[N+]([O-])OC12C3CC4C5C6CC(C53)C1C6C42. The van der Waals surface area contributed by atoms with Crippen LogP contribution in [-0.2, 0) is 4.84 Å². The van der Waals surface area contributed by atoms with Gasteiger partial charge in [-0.3, -0.25) is 0 Å². The minimum absolute atomic E-state index is 0.268. The maximum Gasteiger partial charge on any atom is 0.295 e. The summed E-state index contributed by atoms with van der Waals surface area (Å²) >= 11 is 0. The normalized spacial score (nSPS) is 77.6. The van der Waals surface area contributed by atoms with Crippen LogP contribution in [-0.4, -0.2) is 10.7 Å². The first kappa shape index (κ1) is 7.51. The molecule has 0 radical (unpaired) electrons. The zero-order chi connectivity index (χ0) is 10.4. The maximum absolute atomic E-state index is 10.8. The smallest absolute Gasteiger partial charge is 0.295 e. The summed E-state index contributed by atoms with van der Waals surface area (Å²) in [6.07, 6.45) is 2.64. The van der Waals surface area contributed by atoms with Crippen LogP contribution in [0.4, 0.5) is 0 Å². The summed E-state index contributed by atoms with van der Waals surface area (Å²) in [5, 5.41) is 10.3. The van der Waals surface area contributed by atoms with E-state index >= 15 is 0 Å². The molecule has 16 heavy (non-hydrogen) atoms. The molecule has 10 atom stereocenters. The fourth-order valence-electron chi connectivity index (χ4n) is 8.16. The Labute approximate surface area is 92.4 Å². The Morgan fingerprint density at radius 2 is 1.81 bits per heavy atom.